The van der Waals surface area contributed by atoms with Gasteiger partial charge in [-0.2, -0.15) is 0 Å². The number of hydrogen-bond acceptors (Lipinski definition) is 2. The maximum Gasteiger partial charge on any atom is 0.0363 e. The SMILES string of the molecule is CCNC(c1cncc(C)c1)C1CCC(C(C)(C)C)CC1. The molecule has 1 aromatic rings. The van der Waals surface area contributed by atoms with Gasteiger partial charge >= 0.3 is 0 Å². The molecule has 118 valence electrons. The zero-order valence-electron chi connectivity index (χ0n) is 14.4. The van der Waals surface area contributed by atoms with Gasteiger partial charge in [-0.3, -0.25) is 4.98 Å². The Bertz CT molecular complexity index is 439. The normalized spacial score (nSPS) is 24.8. The van der Waals surface area contributed by atoms with Crippen molar-refractivity contribution in [1.82, 2.24) is 10.3 Å². The largest absolute Gasteiger partial charge is 0.310 e. The van der Waals surface area contributed by atoms with Gasteiger partial charge in [-0.05, 0) is 67.5 Å². The molecule has 1 aromatic heterocycles. The van der Waals surface area contributed by atoms with E-state index >= 15 is 0 Å². The van der Waals surface area contributed by atoms with Gasteiger partial charge in [0, 0.05) is 18.4 Å². The number of nitrogens with zero attached hydrogens (tertiary/aromatic N) is 1. The molecule has 0 radical (unpaired) electrons. The number of hydrogen-bond donors (Lipinski definition) is 1. The molecule has 1 unspecified atom stereocenters. The van der Waals surface area contributed by atoms with Crippen LogP contribution < -0.4 is 5.32 Å². The summed E-state index contributed by atoms with van der Waals surface area (Å²) in [7, 11) is 0. The predicted octanol–water partition coefficient (Wildman–Crippen LogP) is 4.89. The first-order valence-electron chi connectivity index (χ1n) is 8.56. The van der Waals surface area contributed by atoms with Crippen molar-refractivity contribution in [3.8, 4) is 0 Å². The average molecular weight is 288 g/mol. The maximum atomic E-state index is 4.40. The fourth-order valence-corrected chi connectivity index (χ4v) is 3.84. The van der Waals surface area contributed by atoms with Gasteiger partial charge in [-0.25, -0.2) is 0 Å². The molecule has 1 aliphatic carbocycles. The summed E-state index contributed by atoms with van der Waals surface area (Å²) in [5.74, 6) is 1.64. The molecule has 1 atom stereocenters. The van der Waals surface area contributed by atoms with Crippen LogP contribution in [0.2, 0.25) is 0 Å². The monoisotopic (exact) mass is 288 g/mol. The van der Waals surface area contributed by atoms with Crippen LogP contribution in [-0.4, -0.2) is 11.5 Å². The molecule has 2 nitrogen and oxygen atoms in total. The standard InChI is InChI=1S/C19H32N2/c1-6-21-18(16-11-14(2)12-20-13-16)15-7-9-17(10-8-15)19(3,4)5/h11-13,15,17-18,21H,6-10H2,1-5H3. The number of aromatic nitrogens is 1. The van der Waals surface area contributed by atoms with E-state index in [1.165, 1.54) is 36.8 Å². The molecule has 1 aliphatic rings. The molecule has 0 bridgehead atoms. The van der Waals surface area contributed by atoms with Crippen LogP contribution in [0, 0.1) is 24.2 Å². The molecule has 1 heterocycles. The van der Waals surface area contributed by atoms with Crippen LogP contribution >= 0.6 is 0 Å². The molecule has 0 spiro atoms. The van der Waals surface area contributed by atoms with E-state index in [1.54, 1.807) is 0 Å². The highest BCUT2D eigenvalue weighted by Gasteiger charge is 2.33. The fraction of sp³-hybridized carbons (Fsp3) is 0.737. The molecular formula is C19H32N2. The highest BCUT2D eigenvalue weighted by Crippen LogP contribution is 2.43. The third kappa shape index (κ3) is 4.29. The summed E-state index contributed by atoms with van der Waals surface area (Å²) in [4.78, 5) is 4.40. The maximum absolute atomic E-state index is 4.40. The van der Waals surface area contributed by atoms with E-state index in [4.69, 9.17) is 0 Å². The van der Waals surface area contributed by atoms with Gasteiger partial charge in [0.15, 0.2) is 0 Å². The minimum absolute atomic E-state index is 0.462. The first-order valence-corrected chi connectivity index (χ1v) is 8.56. The molecule has 1 saturated carbocycles. The lowest BCUT2D eigenvalue weighted by Crippen LogP contribution is -2.33. The quantitative estimate of drug-likeness (QED) is 0.853. The summed E-state index contributed by atoms with van der Waals surface area (Å²) < 4.78 is 0. The van der Waals surface area contributed by atoms with Crippen molar-refractivity contribution in [2.45, 2.75) is 66.3 Å². The Morgan fingerprint density at radius 2 is 1.86 bits per heavy atom. The Labute approximate surface area is 130 Å². The van der Waals surface area contributed by atoms with E-state index in [2.05, 4.69) is 57.2 Å². The number of nitrogens with one attached hydrogen (secondary N) is 1. The van der Waals surface area contributed by atoms with Crippen LogP contribution in [0.25, 0.3) is 0 Å². The molecule has 1 N–H and O–H groups in total. The summed E-state index contributed by atoms with van der Waals surface area (Å²) in [6, 6.07) is 2.78. The van der Waals surface area contributed by atoms with Gasteiger partial charge in [0.1, 0.15) is 0 Å². The van der Waals surface area contributed by atoms with E-state index in [0.717, 1.165) is 18.4 Å². The van der Waals surface area contributed by atoms with Gasteiger partial charge in [0.25, 0.3) is 0 Å². The highest BCUT2D eigenvalue weighted by molar-refractivity contribution is 5.21. The zero-order chi connectivity index (χ0) is 15.5. The Morgan fingerprint density at radius 1 is 1.19 bits per heavy atom. The molecule has 21 heavy (non-hydrogen) atoms. The highest BCUT2D eigenvalue weighted by atomic mass is 14.9. The Kier molecular flexibility index (Phi) is 5.43. The zero-order valence-corrected chi connectivity index (χ0v) is 14.4. The lowest BCUT2D eigenvalue weighted by Gasteiger charge is -2.39. The van der Waals surface area contributed by atoms with Crippen molar-refractivity contribution in [3.05, 3.63) is 29.6 Å². The van der Waals surface area contributed by atoms with Crippen molar-refractivity contribution in [1.29, 1.82) is 0 Å². The van der Waals surface area contributed by atoms with Crippen LogP contribution in [0.1, 0.15) is 70.5 Å². The Morgan fingerprint density at radius 3 is 2.38 bits per heavy atom. The Hall–Kier alpha value is -0.890. The van der Waals surface area contributed by atoms with Crippen LogP contribution in [-0.2, 0) is 0 Å². The second kappa shape index (κ2) is 6.91. The minimum Gasteiger partial charge on any atom is -0.310 e. The van der Waals surface area contributed by atoms with E-state index in [0.29, 0.717) is 11.5 Å². The third-order valence-corrected chi connectivity index (χ3v) is 5.15. The lowest BCUT2D eigenvalue weighted by atomic mass is 9.68. The van der Waals surface area contributed by atoms with Crippen molar-refractivity contribution < 1.29 is 0 Å². The second-order valence-corrected chi connectivity index (χ2v) is 7.81. The summed E-state index contributed by atoms with van der Waals surface area (Å²) in [6.07, 6.45) is 9.42. The average Bonchev–Trinajstić information content (AvgIpc) is 2.44. The molecule has 0 saturated heterocycles. The van der Waals surface area contributed by atoms with E-state index in [-0.39, 0.29) is 0 Å². The van der Waals surface area contributed by atoms with Crippen molar-refractivity contribution >= 4 is 0 Å². The summed E-state index contributed by atoms with van der Waals surface area (Å²) in [6.45, 7) is 12.5. The smallest absolute Gasteiger partial charge is 0.0363 e. The molecule has 0 aliphatic heterocycles. The van der Waals surface area contributed by atoms with Gasteiger partial charge in [-0.1, -0.05) is 33.8 Å². The molecule has 2 heteroatoms. The molecule has 1 fully saturated rings. The molecular weight excluding hydrogens is 256 g/mol. The first-order chi connectivity index (χ1) is 9.91. The van der Waals surface area contributed by atoms with Gasteiger partial charge in [0.05, 0.1) is 0 Å². The fourth-order valence-electron chi connectivity index (χ4n) is 3.84. The number of aryl methyl sites for hydroxylation is 1. The van der Waals surface area contributed by atoms with Gasteiger partial charge in [-0.15, -0.1) is 0 Å². The topological polar surface area (TPSA) is 24.9 Å². The third-order valence-electron chi connectivity index (χ3n) is 5.15. The summed E-state index contributed by atoms with van der Waals surface area (Å²) in [5, 5.41) is 3.71. The van der Waals surface area contributed by atoms with E-state index < -0.39 is 0 Å². The van der Waals surface area contributed by atoms with Crippen LogP contribution in [0.5, 0.6) is 0 Å². The van der Waals surface area contributed by atoms with Gasteiger partial charge in [0.2, 0.25) is 0 Å². The Balaban J connectivity index is 2.07. The minimum atomic E-state index is 0.462. The lowest BCUT2D eigenvalue weighted by molar-refractivity contribution is 0.133. The molecule has 2 rings (SSSR count). The first kappa shape index (κ1) is 16.5. The number of rotatable bonds is 4. The number of pyridine rings is 1. The van der Waals surface area contributed by atoms with Crippen molar-refractivity contribution in [2.75, 3.05) is 6.54 Å². The summed E-state index contributed by atoms with van der Waals surface area (Å²) >= 11 is 0. The van der Waals surface area contributed by atoms with Crippen molar-refractivity contribution in [2.24, 2.45) is 17.3 Å². The van der Waals surface area contributed by atoms with Gasteiger partial charge < -0.3 is 5.32 Å². The second-order valence-electron chi connectivity index (χ2n) is 7.81. The van der Waals surface area contributed by atoms with Crippen LogP contribution in [0.3, 0.4) is 0 Å². The van der Waals surface area contributed by atoms with Crippen molar-refractivity contribution in [3.63, 3.8) is 0 Å². The van der Waals surface area contributed by atoms with E-state index in [9.17, 15) is 0 Å². The van der Waals surface area contributed by atoms with Crippen LogP contribution in [0.4, 0.5) is 0 Å². The predicted molar refractivity (Wildman–Crippen MR) is 90.3 cm³/mol. The molecule has 0 aromatic carbocycles. The van der Waals surface area contributed by atoms with Crippen LogP contribution in [0.15, 0.2) is 18.5 Å². The van der Waals surface area contributed by atoms with E-state index in [1.807, 2.05) is 6.20 Å². The summed E-state index contributed by atoms with van der Waals surface area (Å²) in [5.41, 5.74) is 3.10. The molecule has 0 amide bonds.